The van der Waals surface area contributed by atoms with Gasteiger partial charge in [-0.05, 0) is 55.1 Å². The number of aryl methyl sites for hydroxylation is 2. The van der Waals surface area contributed by atoms with E-state index in [0.29, 0.717) is 25.3 Å². The van der Waals surface area contributed by atoms with Gasteiger partial charge in [0.25, 0.3) is 5.91 Å². The van der Waals surface area contributed by atoms with Gasteiger partial charge in [0, 0.05) is 37.1 Å². The Labute approximate surface area is 156 Å². The highest BCUT2D eigenvalue weighted by molar-refractivity contribution is 5.94. The highest BCUT2D eigenvalue weighted by Crippen LogP contribution is 2.27. The lowest BCUT2D eigenvalue weighted by atomic mass is 9.93. The highest BCUT2D eigenvalue weighted by atomic mass is 16.5. The molecule has 2 aromatic rings. The zero-order valence-electron chi connectivity index (χ0n) is 16.4. The summed E-state index contributed by atoms with van der Waals surface area (Å²) in [6, 6.07) is 7.64. The molecule has 2 N–H and O–H groups in total. The fourth-order valence-electron chi connectivity index (χ4n) is 2.94. The van der Waals surface area contributed by atoms with E-state index >= 15 is 0 Å². The molecule has 1 amide bonds. The third-order valence-corrected chi connectivity index (χ3v) is 4.38. The zero-order valence-corrected chi connectivity index (χ0v) is 16.4. The predicted molar refractivity (Wildman–Crippen MR) is 104 cm³/mol. The summed E-state index contributed by atoms with van der Waals surface area (Å²) in [6.45, 7) is 9.64. The van der Waals surface area contributed by atoms with E-state index < -0.39 is 0 Å². The van der Waals surface area contributed by atoms with Crippen molar-refractivity contribution in [1.29, 1.82) is 0 Å². The van der Waals surface area contributed by atoms with E-state index in [4.69, 9.17) is 10.5 Å². The summed E-state index contributed by atoms with van der Waals surface area (Å²) in [7, 11) is 1.82. The fraction of sp³-hybridized carbons (Fsp3) is 0.429. The van der Waals surface area contributed by atoms with E-state index in [2.05, 4.69) is 18.8 Å². The lowest BCUT2D eigenvalue weighted by molar-refractivity contribution is 0.0740. The van der Waals surface area contributed by atoms with Crippen molar-refractivity contribution in [1.82, 2.24) is 9.88 Å². The molecule has 0 aliphatic carbocycles. The smallest absolute Gasteiger partial charge is 0.253 e. The monoisotopic (exact) mass is 355 g/mol. The third kappa shape index (κ3) is 5.05. The first-order valence-electron chi connectivity index (χ1n) is 8.82. The number of pyridine rings is 1. The highest BCUT2D eigenvalue weighted by Gasteiger charge is 2.22. The summed E-state index contributed by atoms with van der Waals surface area (Å²) >= 11 is 0. The summed E-state index contributed by atoms with van der Waals surface area (Å²) in [4.78, 5) is 18.6. The molecule has 0 fully saturated rings. The molecule has 1 heterocycles. The Morgan fingerprint density at radius 3 is 2.46 bits per heavy atom. The van der Waals surface area contributed by atoms with Crippen molar-refractivity contribution in [2.75, 3.05) is 20.1 Å². The Hall–Kier alpha value is -2.40. The summed E-state index contributed by atoms with van der Waals surface area (Å²) in [5, 5.41) is 0. The summed E-state index contributed by atoms with van der Waals surface area (Å²) in [6.07, 6.45) is 3.53. The molecular weight excluding hydrogens is 326 g/mol. The molecule has 5 nitrogen and oxygen atoms in total. The van der Waals surface area contributed by atoms with Crippen LogP contribution in [0.15, 0.2) is 36.7 Å². The number of aromatic nitrogens is 1. The van der Waals surface area contributed by atoms with Crippen molar-refractivity contribution >= 4 is 5.91 Å². The molecule has 2 rings (SSSR count). The molecule has 0 saturated carbocycles. The fourth-order valence-corrected chi connectivity index (χ4v) is 2.94. The maximum Gasteiger partial charge on any atom is 0.253 e. The number of benzene rings is 1. The molecule has 5 heteroatoms. The van der Waals surface area contributed by atoms with Gasteiger partial charge in [0.1, 0.15) is 12.4 Å². The topological polar surface area (TPSA) is 68.5 Å². The lowest BCUT2D eigenvalue weighted by Gasteiger charge is -2.29. The van der Waals surface area contributed by atoms with Crippen LogP contribution in [0.4, 0.5) is 0 Å². The average Bonchev–Trinajstić information content (AvgIpc) is 2.60. The van der Waals surface area contributed by atoms with Crippen LogP contribution in [0.1, 0.15) is 40.9 Å². The normalized spacial score (nSPS) is 11.3. The van der Waals surface area contributed by atoms with Gasteiger partial charge in [0.2, 0.25) is 0 Å². The summed E-state index contributed by atoms with van der Waals surface area (Å²) in [5.41, 5.74) is 9.25. The zero-order chi connectivity index (χ0) is 19.3. The molecule has 0 atom stereocenters. The average molecular weight is 355 g/mol. The van der Waals surface area contributed by atoms with E-state index in [-0.39, 0.29) is 11.3 Å². The van der Waals surface area contributed by atoms with Gasteiger partial charge in [-0.2, -0.15) is 0 Å². The molecule has 26 heavy (non-hydrogen) atoms. The Morgan fingerprint density at radius 2 is 1.92 bits per heavy atom. The second-order valence-corrected chi connectivity index (χ2v) is 7.62. The van der Waals surface area contributed by atoms with Crippen LogP contribution in [0, 0.1) is 19.3 Å². The first kappa shape index (κ1) is 19.9. The van der Waals surface area contributed by atoms with E-state index in [1.807, 2.05) is 45.2 Å². The van der Waals surface area contributed by atoms with Crippen molar-refractivity contribution in [3.63, 3.8) is 0 Å². The molecule has 1 aromatic heterocycles. The predicted octanol–water partition coefficient (Wildman–Crippen LogP) is 3.33. The second kappa shape index (κ2) is 8.32. The molecule has 0 aliphatic rings. The number of carbonyl (C=O) groups excluding carboxylic acids is 1. The number of ether oxygens (including phenoxy) is 1. The lowest BCUT2D eigenvalue weighted by Crippen LogP contribution is -2.39. The molecule has 0 spiro atoms. The quantitative estimate of drug-likeness (QED) is 0.827. The van der Waals surface area contributed by atoms with Crippen molar-refractivity contribution in [2.45, 2.75) is 34.3 Å². The van der Waals surface area contributed by atoms with Crippen molar-refractivity contribution < 1.29 is 9.53 Å². The Morgan fingerprint density at radius 1 is 1.27 bits per heavy atom. The number of carbonyl (C=O) groups is 1. The number of rotatable bonds is 7. The van der Waals surface area contributed by atoms with Crippen LogP contribution in [-0.2, 0) is 6.61 Å². The number of amides is 1. The van der Waals surface area contributed by atoms with Gasteiger partial charge in [-0.3, -0.25) is 9.78 Å². The Bertz CT molecular complexity index is 734. The van der Waals surface area contributed by atoms with Crippen molar-refractivity contribution in [3.05, 3.63) is 58.9 Å². The van der Waals surface area contributed by atoms with E-state index in [1.54, 1.807) is 17.3 Å². The maximum atomic E-state index is 12.8. The summed E-state index contributed by atoms with van der Waals surface area (Å²) < 4.78 is 5.97. The van der Waals surface area contributed by atoms with Crippen molar-refractivity contribution in [3.8, 4) is 5.75 Å². The molecule has 140 valence electrons. The molecule has 1 aromatic carbocycles. The number of hydrogen-bond donors (Lipinski definition) is 1. The minimum atomic E-state index is -0.110. The van der Waals surface area contributed by atoms with Gasteiger partial charge < -0.3 is 15.4 Å². The Kier molecular flexibility index (Phi) is 6.37. The van der Waals surface area contributed by atoms with Gasteiger partial charge in [-0.15, -0.1) is 0 Å². The molecular formula is C21H29N3O2. The van der Waals surface area contributed by atoms with Crippen LogP contribution in [-0.4, -0.2) is 35.9 Å². The first-order valence-corrected chi connectivity index (χ1v) is 8.82. The molecule has 0 saturated heterocycles. The van der Waals surface area contributed by atoms with Gasteiger partial charge in [-0.25, -0.2) is 0 Å². The standard InChI is InChI=1S/C21H29N3O2/c1-15-9-18(20(25)24(5)14-21(3,4)13-22)10-16(2)19(15)26-12-17-7-6-8-23-11-17/h6-11H,12-14,22H2,1-5H3. The third-order valence-electron chi connectivity index (χ3n) is 4.38. The van der Waals surface area contributed by atoms with Crippen LogP contribution in [0.5, 0.6) is 5.75 Å². The first-order chi connectivity index (χ1) is 12.2. The SMILES string of the molecule is Cc1cc(C(=O)N(C)CC(C)(C)CN)cc(C)c1OCc1cccnc1. The van der Waals surface area contributed by atoms with Gasteiger partial charge in [0.05, 0.1) is 0 Å². The number of nitrogens with zero attached hydrogens (tertiary/aromatic N) is 2. The molecule has 0 aliphatic heterocycles. The van der Waals surface area contributed by atoms with Gasteiger partial charge >= 0.3 is 0 Å². The van der Waals surface area contributed by atoms with Crippen LogP contribution in [0.2, 0.25) is 0 Å². The minimum Gasteiger partial charge on any atom is -0.488 e. The maximum absolute atomic E-state index is 12.8. The van der Waals surface area contributed by atoms with Crippen molar-refractivity contribution in [2.24, 2.45) is 11.1 Å². The Balaban J connectivity index is 2.14. The largest absolute Gasteiger partial charge is 0.488 e. The molecule has 0 unspecified atom stereocenters. The molecule has 0 radical (unpaired) electrons. The van der Waals surface area contributed by atoms with Crippen LogP contribution < -0.4 is 10.5 Å². The van der Waals surface area contributed by atoms with Crippen LogP contribution >= 0.6 is 0 Å². The van der Waals surface area contributed by atoms with Crippen LogP contribution in [0.3, 0.4) is 0 Å². The summed E-state index contributed by atoms with van der Waals surface area (Å²) in [5.74, 6) is 0.812. The van der Waals surface area contributed by atoms with Gasteiger partial charge in [0.15, 0.2) is 0 Å². The van der Waals surface area contributed by atoms with Gasteiger partial charge in [-0.1, -0.05) is 19.9 Å². The number of hydrogen-bond acceptors (Lipinski definition) is 4. The second-order valence-electron chi connectivity index (χ2n) is 7.62. The minimum absolute atomic E-state index is 0.00321. The van der Waals surface area contributed by atoms with E-state index in [1.165, 1.54) is 0 Å². The number of nitrogens with two attached hydrogens (primary N) is 1. The van der Waals surface area contributed by atoms with Crippen LogP contribution in [0.25, 0.3) is 0 Å². The van der Waals surface area contributed by atoms with E-state index in [0.717, 1.165) is 22.4 Å². The molecule has 0 bridgehead atoms. The van der Waals surface area contributed by atoms with E-state index in [9.17, 15) is 4.79 Å².